The lowest BCUT2D eigenvalue weighted by Crippen LogP contribution is -2.41. The topological polar surface area (TPSA) is 84.7 Å². The number of carbonyl (C=O) groups excluding carboxylic acids is 2. The molecule has 2 amide bonds. The Morgan fingerprint density at radius 1 is 1.22 bits per heavy atom. The summed E-state index contributed by atoms with van der Waals surface area (Å²) in [4.78, 5) is 26.0. The van der Waals surface area contributed by atoms with Gasteiger partial charge in [0.1, 0.15) is 11.8 Å². The van der Waals surface area contributed by atoms with Gasteiger partial charge in [-0.15, -0.1) is 12.4 Å². The van der Waals surface area contributed by atoms with E-state index in [0.29, 0.717) is 25.3 Å². The third-order valence-electron chi connectivity index (χ3n) is 4.38. The third kappa shape index (κ3) is 4.99. The van der Waals surface area contributed by atoms with Crippen LogP contribution in [0.15, 0.2) is 48.5 Å². The molecule has 27 heavy (non-hydrogen) atoms. The average Bonchev–Trinajstić information content (AvgIpc) is 2.66. The van der Waals surface area contributed by atoms with Crippen LogP contribution in [0.4, 0.5) is 5.69 Å². The molecule has 1 heterocycles. The maximum atomic E-state index is 12.2. The molecule has 0 bridgehead atoms. The first-order valence-corrected chi connectivity index (χ1v) is 8.68. The van der Waals surface area contributed by atoms with Crippen molar-refractivity contribution in [2.45, 2.75) is 19.4 Å². The fourth-order valence-corrected chi connectivity index (χ4v) is 2.88. The normalized spacial score (nSPS) is 13.9. The van der Waals surface area contributed by atoms with Gasteiger partial charge in [0.05, 0.1) is 5.69 Å². The number of benzene rings is 2. The van der Waals surface area contributed by atoms with Gasteiger partial charge in [0, 0.05) is 13.1 Å². The SMILES string of the molecule is Cc1ccc(C(N)C(=O)NCCCN2C(=O)COc3ccccc32)cc1.Cl. The van der Waals surface area contributed by atoms with Crippen LogP contribution in [0, 0.1) is 6.92 Å². The molecule has 0 fully saturated rings. The van der Waals surface area contributed by atoms with Gasteiger partial charge in [-0.3, -0.25) is 9.59 Å². The van der Waals surface area contributed by atoms with Crippen LogP contribution in [-0.4, -0.2) is 31.5 Å². The maximum absolute atomic E-state index is 12.2. The predicted octanol–water partition coefficient (Wildman–Crippen LogP) is 2.35. The number of rotatable bonds is 6. The number of amides is 2. The maximum Gasteiger partial charge on any atom is 0.265 e. The van der Waals surface area contributed by atoms with E-state index >= 15 is 0 Å². The Hall–Kier alpha value is -2.57. The number of fused-ring (bicyclic) bond motifs is 1. The van der Waals surface area contributed by atoms with Gasteiger partial charge in [-0.05, 0) is 31.0 Å². The van der Waals surface area contributed by atoms with E-state index in [1.54, 1.807) is 4.90 Å². The molecule has 0 saturated heterocycles. The van der Waals surface area contributed by atoms with Crippen molar-refractivity contribution in [1.29, 1.82) is 0 Å². The number of para-hydroxylation sites is 2. The van der Waals surface area contributed by atoms with Gasteiger partial charge < -0.3 is 20.7 Å². The Kier molecular flexibility index (Phi) is 7.21. The van der Waals surface area contributed by atoms with E-state index in [-0.39, 0.29) is 30.8 Å². The number of aryl methyl sites for hydroxylation is 1. The zero-order chi connectivity index (χ0) is 18.5. The van der Waals surface area contributed by atoms with E-state index in [1.807, 2.05) is 55.5 Å². The van der Waals surface area contributed by atoms with Crippen molar-refractivity contribution >= 4 is 29.9 Å². The van der Waals surface area contributed by atoms with E-state index in [4.69, 9.17) is 10.5 Å². The van der Waals surface area contributed by atoms with E-state index in [0.717, 1.165) is 16.8 Å². The molecule has 2 aromatic rings. The monoisotopic (exact) mass is 389 g/mol. The summed E-state index contributed by atoms with van der Waals surface area (Å²) in [7, 11) is 0. The van der Waals surface area contributed by atoms with Crippen LogP contribution in [0.2, 0.25) is 0 Å². The van der Waals surface area contributed by atoms with Crippen LogP contribution in [0.5, 0.6) is 5.75 Å². The standard InChI is InChI=1S/C20H23N3O3.ClH/c1-14-7-9-15(10-8-14)19(21)20(25)22-11-4-12-23-16-5-2-3-6-17(16)26-13-18(23)24;/h2-3,5-10,19H,4,11-13,21H2,1H3,(H,22,25);1H. The second-order valence-corrected chi connectivity index (χ2v) is 6.33. The third-order valence-corrected chi connectivity index (χ3v) is 4.38. The Labute approximate surface area is 165 Å². The molecule has 6 nitrogen and oxygen atoms in total. The molecule has 0 saturated carbocycles. The second-order valence-electron chi connectivity index (χ2n) is 6.33. The van der Waals surface area contributed by atoms with Crippen molar-refractivity contribution < 1.29 is 14.3 Å². The predicted molar refractivity (Wildman–Crippen MR) is 107 cm³/mol. The van der Waals surface area contributed by atoms with Crippen molar-refractivity contribution in [3.05, 3.63) is 59.7 Å². The zero-order valence-electron chi connectivity index (χ0n) is 15.2. The Morgan fingerprint density at radius 2 is 1.93 bits per heavy atom. The Morgan fingerprint density at radius 3 is 2.67 bits per heavy atom. The largest absolute Gasteiger partial charge is 0.482 e. The van der Waals surface area contributed by atoms with Crippen molar-refractivity contribution in [2.75, 3.05) is 24.6 Å². The molecule has 144 valence electrons. The number of hydrogen-bond donors (Lipinski definition) is 2. The minimum Gasteiger partial charge on any atom is -0.482 e. The fraction of sp³-hybridized carbons (Fsp3) is 0.300. The van der Waals surface area contributed by atoms with Crippen molar-refractivity contribution in [2.24, 2.45) is 5.73 Å². The molecule has 1 atom stereocenters. The molecule has 3 N–H and O–H groups in total. The van der Waals surface area contributed by atoms with Crippen LogP contribution in [0.3, 0.4) is 0 Å². The first-order valence-electron chi connectivity index (χ1n) is 8.68. The lowest BCUT2D eigenvalue weighted by Gasteiger charge is -2.29. The summed E-state index contributed by atoms with van der Waals surface area (Å²) in [6, 6.07) is 14.4. The number of hydrogen-bond acceptors (Lipinski definition) is 4. The molecule has 1 aliphatic heterocycles. The van der Waals surface area contributed by atoms with Crippen molar-refractivity contribution in [3.63, 3.8) is 0 Å². The van der Waals surface area contributed by atoms with Crippen LogP contribution < -0.4 is 20.7 Å². The molecule has 7 heteroatoms. The van der Waals surface area contributed by atoms with Gasteiger partial charge in [0.25, 0.3) is 5.91 Å². The minimum atomic E-state index is -0.693. The van der Waals surface area contributed by atoms with Gasteiger partial charge >= 0.3 is 0 Å². The lowest BCUT2D eigenvalue weighted by molar-refractivity contribution is -0.122. The second kappa shape index (κ2) is 9.39. The van der Waals surface area contributed by atoms with Gasteiger partial charge in [-0.1, -0.05) is 42.0 Å². The van der Waals surface area contributed by atoms with Crippen molar-refractivity contribution in [3.8, 4) is 5.75 Å². The molecule has 1 unspecified atom stereocenters. The average molecular weight is 390 g/mol. The number of anilines is 1. The van der Waals surface area contributed by atoms with Crippen molar-refractivity contribution in [1.82, 2.24) is 5.32 Å². The summed E-state index contributed by atoms with van der Waals surface area (Å²) in [6.07, 6.45) is 0.631. The molecular weight excluding hydrogens is 366 g/mol. The number of ether oxygens (including phenoxy) is 1. The molecule has 0 aromatic heterocycles. The highest BCUT2D eigenvalue weighted by atomic mass is 35.5. The molecule has 3 rings (SSSR count). The van der Waals surface area contributed by atoms with Gasteiger partial charge in [-0.25, -0.2) is 0 Å². The summed E-state index contributed by atoms with van der Waals surface area (Å²) in [5.41, 5.74) is 8.68. The molecule has 0 spiro atoms. The smallest absolute Gasteiger partial charge is 0.265 e. The van der Waals surface area contributed by atoms with Crippen LogP contribution in [0.1, 0.15) is 23.6 Å². The van der Waals surface area contributed by atoms with Gasteiger partial charge in [-0.2, -0.15) is 0 Å². The molecule has 1 aliphatic rings. The van der Waals surface area contributed by atoms with Crippen LogP contribution in [-0.2, 0) is 9.59 Å². The van der Waals surface area contributed by atoms with E-state index in [9.17, 15) is 9.59 Å². The van der Waals surface area contributed by atoms with Crippen LogP contribution in [0.25, 0.3) is 0 Å². The molecule has 0 radical (unpaired) electrons. The minimum absolute atomic E-state index is 0. The highest BCUT2D eigenvalue weighted by Crippen LogP contribution is 2.31. The summed E-state index contributed by atoms with van der Waals surface area (Å²) >= 11 is 0. The zero-order valence-corrected chi connectivity index (χ0v) is 16.0. The van der Waals surface area contributed by atoms with Crippen LogP contribution >= 0.6 is 12.4 Å². The van der Waals surface area contributed by atoms with E-state index < -0.39 is 6.04 Å². The van der Waals surface area contributed by atoms with Gasteiger partial charge in [0.15, 0.2) is 6.61 Å². The van der Waals surface area contributed by atoms with E-state index in [2.05, 4.69) is 5.32 Å². The number of nitrogens with one attached hydrogen (secondary N) is 1. The summed E-state index contributed by atoms with van der Waals surface area (Å²) in [5.74, 6) is 0.409. The Balaban J connectivity index is 0.00000261. The molecule has 2 aromatic carbocycles. The fourth-order valence-electron chi connectivity index (χ4n) is 2.88. The quantitative estimate of drug-likeness (QED) is 0.743. The molecule has 0 aliphatic carbocycles. The summed E-state index contributed by atoms with van der Waals surface area (Å²) in [6.45, 7) is 2.99. The molecular formula is C20H24ClN3O3. The Bertz CT molecular complexity index is 795. The highest BCUT2D eigenvalue weighted by molar-refractivity contribution is 5.97. The first-order chi connectivity index (χ1) is 12.6. The summed E-state index contributed by atoms with van der Waals surface area (Å²) < 4.78 is 5.42. The number of nitrogens with two attached hydrogens (primary N) is 1. The number of halogens is 1. The lowest BCUT2D eigenvalue weighted by atomic mass is 10.1. The highest BCUT2D eigenvalue weighted by Gasteiger charge is 2.24. The van der Waals surface area contributed by atoms with E-state index in [1.165, 1.54) is 0 Å². The first kappa shape index (κ1) is 20.7. The number of nitrogens with zero attached hydrogens (tertiary/aromatic N) is 1. The summed E-state index contributed by atoms with van der Waals surface area (Å²) in [5, 5.41) is 2.84. The van der Waals surface area contributed by atoms with Gasteiger partial charge in [0.2, 0.25) is 5.91 Å². The number of carbonyl (C=O) groups is 2.